The van der Waals surface area contributed by atoms with E-state index >= 15 is 0 Å². The van der Waals surface area contributed by atoms with E-state index in [-0.39, 0.29) is 6.10 Å². The van der Waals surface area contributed by atoms with Gasteiger partial charge in [-0.25, -0.2) is 0 Å². The molecular weight excluding hydrogens is 170 g/mol. The second kappa shape index (κ2) is 3.56. The largest absolute Gasteiger partial charge is 0.393 e. The summed E-state index contributed by atoms with van der Waals surface area (Å²) in [5.41, 5.74) is 0. The third-order valence-electron chi connectivity index (χ3n) is 2.78. The molecule has 1 aliphatic heterocycles. The first-order chi connectivity index (χ1) is 5.74. The van der Waals surface area contributed by atoms with Gasteiger partial charge < -0.3 is 10.4 Å². The Hall–Kier alpha value is 0.270. The van der Waals surface area contributed by atoms with Gasteiger partial charge in [0.25, 0.3) is 0 Å². The molecule has 0 amide bonds. The Balaban J connectivity index is 1.67. The van der Waals surface area contributed by atoms with Crippen LogP contribution in [-0.2, 0) is 0 Å². The number of aliphatic hydroxyl groups is 1. The highest BCUT2D eigenvalue weighted by molar-refractivity contribution is 8.00. The topological polar surface area (TPSA) is 32.3 Å². The minimum atomic E-state index is -0.0195. The first-order valence-electron chi connectivity index (χ1n) is 4.80. The lowest BCUT2D eigenvalue weighted by atomic mass is 9.89. The van der Waals surface area contributed by atoms with E-state index in [4.69, 9.17) is 5.11 Å². The van der Waals surface area contributed by atoms with Gasteiger partial charge in [0.2, 0.25) is 0 Å². The summed E-state index contributed by atoms with van der Waals surface area (Å²) in [5, 5.41) is 13.5. The average molecular weight is 187 g/mol. The van der Waals surface area contributed by atoms with Gasteiger partial charge in [-0.3, -0.25) is 0 Å². The van der Waals surface area contributed by atoms with Gasteiger partial charge in [0.05, 0.1) is 6.10 Å². The van der Waals surface area contributed by atoms with Crippen LogP contribution in [0.1, 0.15) is 26.2 Å². The van der Waals surface area contributed by atoms with Crippen LogP contribution in [0.3, 0.4) is 0 Å². The van der Waals surface area contributed by atoms with Crippen LogP contribution < -0.4 is 5.32 Å². The predicted molar refractivity (Wildman–Crippen MR) is 52.5 cm³/mol. The van der Waals surface area contributed by atoms with Crippen molar-refractivity contribution < 1.29 is 5.11 Å². The highest BCUT2D eigenvalue weighted by Crippen LogP contribution is 2.28. The molecule has 2 nitrogen and oxygen atoms in total. The molecule has 1 aliphatic carbocycles. The third kappa shape index (κ3) is 1.95. The molecule has 2 fully saturated rings. The van der Waals surface area contributed by atoms with Crippen LogP contribution >= 0.6 is 11.8 Å². The molecule has 2 atom stereocenters. The Morgan fingerprint density at radius 1 is 1.25 bits per heavy atom. The van der Waals surface area contributed by atoms with Crippen LogP contribution in [-0.4, -0.2) is 34.3 Å². The van der Waals surface area contributed by atoms with Crippen molar-refractivity contribution in [3.8, 4) is 0 Å². The van der Waals surface area contributed by atoms with Crippen molar-refractivity contribution in [3.63, 3.8) is 0 Å². The van der Waals surface area contributed by atoms with Crippen molar-refractivity contribution in [1.29, 1.82) is 0 Å². The van der Waals surface area contributed by atoms with Crippen molar-refractivity contribution in [2.24, 2.45) is 0 Å². The molecule has 1 saturated carbocycles. The summed E-state index contributed by atoms with van der Waals surface area (Å²) in [4.78, 5) is 0. The van der Waals surface area contributed by atoms with Gasteiger partial charge in [-0.15, -0.1) is 0 Å². The molecule has 12 heavy (non-hydrogen) atoms. The molecule has 2 unspecified atom stereocenters. The fourth-order valence-electron chi connectivity index (χ4n) is 1.99. The van der Waals surface area contributed by atoms with Crippen LogP contribution in [0.2, 0.25) is 0 Å². The van der Waals surface area contributed by atoms with Crippen LogP contribution in [0, 0.1) is 0 Å². The molecule has 1 heterocycles. The zero-order chi connectivity index (χ0) is 8.55. The fraction of sp³-hybridized carbons (Fsp3) is 1.00. The van der Waals surface area contributed by atoms with Gasteiger partial charge >= 0.3 is 0 Å². The van der Waals surface area contributed by atoms with E-state index < -0.39 is 0 Å². The fourth-order valence-corrected chi connectivity index (χ4v) is 3.15. The predicted octanol–water partition coefficient (Wildman–Crippen LogP) is 0.993. The summed E-state index contributed by atoms with van der Waals surface area (Å²) in [6.45, 7) is 2.29. The van der Waals surface area contributed by atoms with Gasteiger partial charge in [-0.2, -0.15) is 11.8 Å². The van der Waals surface area contributed by atoms with E-state index in [9.17, 15) is 0 Å². The summed E-state index contributed by atoms with van der Waals surface area (Å²) < 4.78 is 0. The Kier molecular flexibility index (Phi) is 2.63. The van der Waals surface area contributed by atoms with Crippen LogP contribution in [0.25, 0.3) is 0 Å². The molecule has 1 saturated heterocycles. The van der Waals surface area contributed by atoms with Gasteiger partial charge in [-0.1, -0.05) is 6.92 Å². The summed E-state index contributed by atoms with van der Waals surface area (Å²) in [7, 11) is 0. The van der Waals surface area contributed by atoms with E-state index in [2.05, 4.69) is 24.0 Å². The van der Waals surface area contributed by atoms with Gasteiger partial charge in [0, 0.05) is 23.1 Å². The van der Waals surface area contributed by atoms with Crippen LogP contribution in [0.15, 0.2) is 0 Å². The number of hydrogen-bond donors (Lipinski definition) is 2. The van der Waals surface area contributed by atoms with Crippen molar-refractivity contribution in [1.82, 2.24) is 5.32 Å². The van der Waals surface area contributed by atoms with E-state index in [1.54, 1.807) is 0 Å². The van der Waals surface area contributed by atoms with E-state index in [0.29, 0.717) is 12.1 Å². The highest BCUT2D eigenvalue weighted by Gasteiger charge is 2.31. The lowest BCUT2D eigenvalue weighted by Crippen LogP contribution is -2.48. The van der Waals surface area contributed by atoms with Crippen molar-refractivity contribution in [2.45, 2.75) is 49.6 Å². The molecule has 0 radical (unpaired) electrons. The number of hydrogen-bond acceptors (Lipinski definition) is 3. The van der Waals surface area contributed by atoms with Crippen molar-refractivity contribution >= 4 is 11.8 Å². The second-order valence-corrected chi connectivity index (χ2v) is 5.54. The molecule has 0 spiro atoms. The molecule has 3 heteroatoms. The highest BCUT2D eigenvalue weighted by atomic mass is 32.2. The molecule has 0 aromatic rings. The quantitative estimate of drug-likeness (QED) is 0.676. The van der Waals surface area contributed by atoms with E-state index in [1.807, 2.05) is 0 Å². The monoisotopic (exact) mass is 187 g/mol. The maximum atomic E-state index is 9.10. The lowest BCUT2D eigenvalue weighted by Gasteiger charge is -2.34. The molecule has 0 bridgehead atoms. The Labute approximate surface area is 78.1 Å². The molecule has 70 valence electrons. The average Bonchev–Trinajstić information content (AvgIpc) is 2.33. The standard InChI is InChI=1S/C9H17NOS/c1-6-2-8(5-12-6)10-7-3-9(11)4-7/h6-11H,2-5H2,1H3. The molecular formula is C9H17NOS. The summed E-state index contributed by atoms with van der Waals surface area (Å²) in [5.74, 6) is 1.26. The Bertz CT molecular complexity index is 159. The molecule has 2 rings (SSSR count). The zero-order valence-electron chi connectivity index (χ0n) is 7.49. The molecule has 2 aliphatic rings. The number of aliphatic hydroxyl groups excluding tert-OH is 1. The maximum Gasteiger partial charge on any atom is 0.0570 e. The van der Waals surface area contributed by atoms with E-state index in [1.165, 1.54) is 12.2 Å². The van der Waals surface area contributed by atoms with Gasteiger partial charge in [-0.05, 0) is 19.3 Å². The first kappa shape index (κ1) is 8.85. The van der Waals surface area contributed by atoms with Crippen molar-refractivity contribution in [2.75, 3.05) is 5.75 Å². The SMILES string of the molecule is CC1CC(NC2CC(O)C2)CS1. The number of thioether (sulfide) groups is 1. The minimum absolute atomic E-state index is 0.0195. The van der Waals surface area contributed by atoms with Crippen LogP contribution in [0.5, 0.6) is 0 Å². The lowest BCUT2D eigenvalue weighted by molar-refractivity contribution is 0.0588. The van der Waals surface area contributed by atoms with E-state index in [0.717, 1.165) is 18.1 Å². The summed E-state index contributed by atoms with van der Waals surface area (Å²) in [6, 6.07) is 1.32. The summed E-state index contributed by atoms with van der Waals surface area (Å²) in [6.07, 6.45) is 3.22. The molecule has 2 N–H and O–H groups in total. The van der Waals surface area contributed by atoms with Gasteiger partial charge in [0.1, 0.15) is 0 Å². The number of rotatable bonds is 2. The number of nitrogens with one attached hydrogen (secondary N) is 1. The zero-order valence-corrected chi connectivity index (χ0v) is 8.31. The normalized spacial score (nSPS) is 47.5. The minimum Gasteiger partial charge on any atom is -0.393 e. The molecule has 0 aromatic heterocycles. The van der Waals surface area contributed by atoms with Crippen LogP contribution in [0.4, 0.5) is 0 Å². The first-order valence-corrected chi connectivity index (χ1v) is 5.84. The smallest absolute Gasteiger partial charge is 0.0570 e. The third-order valence-corrected chi connectivity index (χ3v) is 4.14. The summed E-state index contributed by atoms with van der Waals surface area (Å²) >= 11 is 2.06. The maximum absolute atomic E-state index is 9.10. The molecule has 0 aromatic carbocycles. The van der Waals surface area contributed by atoms with Gasteiger partial charge in [0.15, 0.2) is 0 Å². The Morgan fingerprint density at radius 3 is 2.50 bits per heavy atom. The Morgan fingerprint density at radius 2 is 2.00 bits per heavy atom. The second-order valence-electron chi connectivity index (χ2n) is 4.07. The van der Waals surface area contributed by atoms with Crippen molar-refractivity contribution in [3.05, 3.63) is 0 Å².